The Balaban J connectivity index is 2.60. The van der Waals surface area contributed by atoms with Crippen LogP contribution in [0.25, 0.3) is 11.1 Å². The number of nitrogens with two attached hydrogens (primary N) is 1. The van der Waals surface area contributed by atoms with Crippen LogP contribution in [0, 0.1) is 11.7 Å². The van der Waals surface area contributed by atoms with Crippen LogP contribution in [0.3, 0.4) is 0 Å². The van der Waals surface area contributed by atoms with Crippen molar-refractivity contribution in [2.75, 3.05) is 5.73 Å². The molecule has 0 unspecified atom stereocenters. The molecule has 96 valence electrons. The number of nitrogens with zero attached hydrogens (tertiary/aromatic N) is 1. The zero-order chi connectivity index (χ0) is 13.3. The molecule has 1 heterocycles. The Morgan fingerprint density at radius 2 is 2.11 bits per heavy atom. The maximum atomic E-state index is 13.9. The summed E-state index contributed by atoms with van der Waals surface area (Å²) in [6, 6.07) is 4.51. The topological polar surface area (TPSA) is 52.0 Å². The van der Waals surface area contributed by atoms with Gasteiger partial charge in [-0.3, -0.25) is 0 Å². The summed E-state index contributed by atoms with van der Waals surface area (Å²) in [7, 11) is 0. The van der Waals surface area contributed by atoms with Crippen molar-refractivity contribution in [3.63, 3.8) is 0 Å². The number of hydrogen-bond donors (Lipinski definition) is 1. The van der Waals surface area contributed by atoms with E-state index in [-0.39, 0.29) is 11.4 Å². The van der Waals surface area contributed by atoms with Crippen molar-refractivity contribution in [1.82, 2.24) is 5.16 Å². The van der Waals surface area contributed by atoms with Gasteiger partial charge in [0.2, 0.25) is 5.88 Å². The smallest absolute Gasteiger partial charge is 0.230 e. The number of benzene rings is 1. The van der Waals surface area contributed by atoms with E-state index < -0.39 is 5.82 Å². The summed E-state index contributed by atoms with van der Waals surface area (Å²) in [5, 5.41) is 4.19. The SMILES string of the molecule is CC(C)Cc1noc(N)c1-c1c(F)cccc1Cl. The minimum atomic E-state index is -0.428. The van der Waals surface area contributed by atoms with Crippen LogP contribution >= 0.6 is 11.6 Å². The number of halogens is 2. The van der Waals surface area contributed by atoms with Crippen molar-refractivity contribution in [1.29, 1.82) is 0 Å². The molecule has 0 saturated carbocycles. The molecule has 1 aromatic carbocycles. The second-order valence-corrected chi connectivity index (χ2v) is 4.97. The fraction of sp³-hybridized carbons (Fsp3) is 0.308. The van der Waals surface area contributed by atoms with Gasteiger partial charge in [0.05, 0.1) is 16.3 Å². The first-order valence-corrected chi connectivity index (χ1v) is 6.07. The van der Waals surface area contributed by atoms with Gasteiger partial charge in [-0.2, -0.15) is 0 Å². The van der Waals surface area contributed by atoms with Gasteiger partial charge in [0, 0.05) is 5.56 Å². The largest absolute Gasteiger partial charge is 0.367 e. The molecular weight excluding hydrogens is 255 g/mol. The van der Waals surface area contributed by atoms with Crippen LogP contribution < -0.4 is 5.73 Å². The Kier molecular flexibility index (Phi) is 3.57. The molecule has 0 amide bonds. The predicted molar refractivity (Wildman–Crippen MR) is 69.9 cm³/mol. The van der Waals surface area contributed by atoms with Crippen LogP contribution in [-0.2, 0) is 6.42 Å². The number of hydrogen-bond acceptors (Lipinski definition) is 3. The van der Waals surface area contributed by atoms with Crippen molar-refractivity contribution in [2.24, 2.45) is 5.92 Å². The van der Waals surface area contributed by atoms with Gasteiger partial charge in [-0.15, -0.1) is 0 Å². The monoisotopic (exact) mass is 268 g/mol. The normalized spacial score (nSPS) is 11.2. The number of rotatable bonds is 3. The van der Waals surface area contributed by atoms with E-state index >= 15 is 0 Å². The van der Waals surface area contributed by atoms with Gasteiger partial charge in [0.25, 0.3) is 0 Å². The Morgan fingerprint density at radius 3 is 2.72 bits per heavy atom. The Hall–Kier alpha value is -1.55. The molecule has 0 saturated heterocycles. The van der Waals surface area contributed by atoms with E-state index in [4.69, 9.17) is 21.9 Å². The van der Waals surface area contributed by atoms with Gasteiger partial charge in [-0.1, -0.05) is 36.7 Å². The van der Waals surface area contributed by atoms with Crippen molar-refractivity contribution < 1.29 is 8.91 Å². The van der Waals surface area contributed by atoms with Crippen molar-refractivity contribution in [2.45, 2.75) is 20.3 Å². The van der Waals surface area contributed by atoms with E-state index in [1.807, 2.05) is 13.8 Å². The number of aromatic nitrogens is 1. The summed E-state index contributed by atoms with van der Waals surface area (Å²) in [6.45, 7) is 4.08. The molecule has 0 aliphatic rings. The Bertz CT molecular complexity index is 546. The lowest BCUT2D eigenvalue weighted by Crippen LogP contribution is -1.99. The van der Waals surface area contributed by atoms with E-state index in [1.54, 1.807) is 12.1 Å². The molecule has 18 heavy (non-hydrogen) atoms. The lowest BCUT2D eigenvalue weighted by Gasteiger charge is -2.07. The zero-order valence-corrected chi connectivity index (χ0v) is 11.0. The van der Waals surface area contributed by atoms with Crippen LogP contribution in [0.5, 0.6) is 0 Å². The van der Waals surface area contributed by atoms with Gasteiger partial charge < -0.3 is 10.3 Å². The van der Waals surface area contributed by atoms with E-state index in [9.17, 15) is 4.39 Å². The summed E-state index contributed by atoms with van der Waals surface area (Å²) in [5.41, 5.74) is 7.09. The van der Waals surface area contributed by atoms with Gasteiger partial charge in [0.15, 0.2) is 0 Å². The first-order valence-electron chi connectivity index (χ1n) is 5.69. The maximum absolute atomic E-state index is 13.9. The van der Waals surface area contributed by atoms with Crippen molar-refractivity contribution in [3.8, 4) is 11.1 Å². The third-order valence-electron chi connectivity index (χ3n) is 2.60. The van der Waals surface area contributed by atoms with Gasteiger partial charge >= 0.3 is 0 Å². The van der Waals surface area contributed by atoms with Crippen LogP contribution in [0.1, 0.15) is 19.5 Å². The number of nitrogen functional groups attached to an aromatic ring is 1. The summed E-state index contributed by atoms with van der Waals surface area (Å²) in [6.07, 6.45) is 0.653. The van der Waals surface area contributed by atoms with E-state index in [0.717, 1.165) is 0 Å². The predicted octanol–water partition coefficient (Wildman–Crippen LogP) is 3.91. The molecule has 0 aliphatic heterocycles. The molecule has 5 heteroatoms. The highest BCUT2D eigenvalue weighted by molar-refractivity contribution is 6.33. The van der Waals surface area contributed by atoms with Crippen molar-refractivity contribution in [3.05, 3.63) is 34.7 Å². The standard InChI is InChI=1S/C13H14ClFN2O/c1-7(2)6-10-12(13(16)18-17-10)11-8(14)4-3-5-9(11)15/h3-5,7H,6,16H2,1-2H3. The van der Waals surface area contributed by atoms with Crippen LogP contribution in [0.4, 0.5) is 10.3 Å². The third-order valence-corrected chi connectivity index (χ3v) is 2.92. The van der Waals surface area contributed by atoms with E-state index in [0.29, 0.717) is 28.6 Å². The van der Waals surface area contributed by atoms with Gasteiger partial charge in [-0.05, 0) is 24.5 Å². The minimum absolute atomic E-state index is 0.0950. The lowest BCUT2D eigenvalue weighted by molar-refractivity contribution is 0.422. The third kappa shape index (κ3) is 2.34. The van der Waals surface area contributed by atoms with Gasteiger partial charge in [0.1, 0.15) is 5.82 Å². The summed E-state index contributed by atoms with van der Waals surface area (Å²) < 4.78 is 18.9. The first-order chi connectivity index (χ1) is 8.50. The molecule has 2 aromatic rings. The van der Waals surface area contributed by atoms with Crippen LogP contribution in [-0.4, -0.2) is 5.16 Å². The Labute approximate surface area is 110 Å². The first kappa shape index (κ1) is 12.9. The summed E-state index contributed by atoms with van der Waals surface area (Å²) >= 11 is 6.04. The Morgan fingerprint density at radius 1 is 1.39 bits per heavy atom. The summed E-state index contributed by atoms with van der Waals surface area (Å²) in [5.74, 6) is 0.0267. The van der Waals surface area contributed by atoms with E-state index in [2.05, 4.69) is 5.16 Å². The second-order valence-electron chi connectivity index (χ2n) is 4.56. The van der Waals surface area contributed by atoms with Crippen LogP contribution in [0.2, 0.25) is 5.02 Å². The second kappa shape index (κ2) is 4.98. The molecule has 0 atom stereocenters. The fourth-order valence-electron chi connectivity index (χ4n) is 1.87. The average molecular weight is 269 g/mol. The molecule has 2 rings (SSSR count). The molecule has 1 aromatic heterocycles. The van der Waals surface area contributed by atoms with E-state index in [1.165, 1.54) is 6.07 Å². The molecule has 0 radical (unpaired) electrons. The fourth-order valence-corrected chi connectivity index (χ4v) is 2.13. The molecular formula is C13H14ClFN2O. The quantitative estimate of drug-likeness (QED) is 0.918. The molecule has 0 spiro atoms. The highest BCUT2D eigenvalue weighted by Crippen LogP contribution is 2.37. The molecule has 2 N–H and O–H groups in total. The number of anilines is 1. The lowest BCUT2D eigenvalue weighted by atomic mass is 9.99. The zero-order valence-electron chi connectivity index (χ0n) is 10.2. The minimum Gasteiger partial charge on any atom is -0.367 e. The average Bonchev–Trinajstić information content (AvgIpc) is 2.60. The highest BCUT2D eigenvalue weighted by Gasteiger charge is 2.21. The van der Waals surface area contributed by atoms with Crippen LogP contribution in [0.15, 0.2) is 22.7 Å². The molecule has 0 fully saturated rings. The molecule has 3 nitrogen and oxygen atoms in total. The summed E-state index contributed by atoms with van der Waals surface area (Å²) in [4.78, 5) is 0. The van der Waals surface area contributed by atoms with Crippen molar-refractivity contribution >= 4 is 17.5 Å². The molecule has 0 bridgehead atoms. The molecule has 0 aliphatic carbocycles. The van der Waals surface area contributed by atoms with Gasteiger partial charge in [-0.25, -0.2) is 4.39 Å². The highest BCUT2D eigenvalue weighted by atomic mass is 35.5. The maximum Gasteiger partial charge on any atom is 0.230 e.